The zero-order chi connectivity index (χ0) is 29.6. The molecule has 1 saturated heterocycles. The number of pyridine rings is 1. The Bertz CT molecular complexity index is 1590. The van der Waals surface area contributed by atoms with Crippen molar-refractivity contribution in [3.05, 3.63) is 63.3 Å². The molecule has 1 aromatic carbocycles. The van der Waals surface area contributed by atoms with Crippen LogP contribution in [0.2, 0.25) is 0 Å². The van der Waals surface area contributed by atoms with Gasteiger partial charge in [0.05, 0.1) is 17.0 Å². The number of alkyl halides is 2. The van der Waals surface area contributed by atoms with Crippen molar-refractivity contribution in [3.63, 3.8) is 0 Å². The van der Waals surface area contributed by atoms with Gasteiger partial charge in [-0.2, -0.15) is 5.26 Å². The average molecular weight is 578 g/mol. The molecule has 2 fully saturated rings. The van der Waals surface area contributed by atoms with Crippen molar-refractivity contribution in [3.8, 4) is 6.07 Å². The number of halogens is 2. The molecule has 8 bridgehead atoms. The van der Waals surface area contributed by atoms with E-state index in [2.05, 4.69) is 31.6 Å². The highest BCUT2D eigenvalue weighted by Crippen LogP contribution is 2.43. The summed E-state index contributed by atoms with van der Waals surface area (Å²) in [5.41, 5.74) is 0.119. The summed E-state index contributed by atoms with van der Waals surface area (Å²) in [6.07, 6.45) is 2.83. The molecule has 0 radical (unpaired) electrons. The van der Waals surface area contributed by atoms with Crippen molar-refractivity contribution in [2.45, 2.75) is 76.1 Å². The maximum Gasteiger partial charge on any atom is 0.273 e. The van der Waals surface area contributed by atoms with Gasteiger partial charge in [0, 0.05) is 49.3 Å². The lowest BCUT2D eigenvalue weighted by Crippen LogP contribution is -2.48. The third kappa shape index (κ3) is 5.51. The summed E-state index contributed by atoms with van der Waals surface area (Å²) in [5, 5.41) is 27.9. The van der Waals surface area contributed by atoms with Crippen molar-refractivity contribution in [1.29, 1.82) is 5.26 Å². The first kappa shape index (κ1) is 28.6. The monoisotopic (exact) mass is 577 g/mol. The number of hydrogen-bond acceptors (Lipinski definition) is 8. The van der Waals surface area contributed by atoms with Crippen molar-refractivity contribution in [1.82, 2.24) is 24.8 Å². The fourth-order valence-electron chi connectivity index (χ4n) is 6.24. The summed E-state index contributed by atoms with van der Waals surface area (Å²) in [6, 6.07) is 8.42. The van der Waals surface area contributed by atoms with Crippen LogP contribution >= 0.6 is 0 Å². The zero-order valence-corrected chi connectivity index (χ0v) is 24.0. The van der Waals surface area contributed by atoms with Gasteiger partial charge in [-0.1, -0.05) is 18.2 Å². The van der Waals surface area contributed by atoms with Gasteiger partial charge in [0.15, 0.2) is 0 Å². The van der Waals surface area contributed by atoms with Crippen LogP contribution in [-0.2, 0) is 17.9 Å². The molecule has 3 aliphatic heterocycles. The first-order valence-corrected chi connectivity index (χ1v) is 14.8. The minimum atomic E-state index is -2.94. The molecule has 11 heteroatoms. The SMILES string of the molecule is Cc1nc2c3cn(C4(C#N)CC4)c(=O)c(c3n1)CC(O)NCCCN1CC(CCC(F)(F)c3cccc(c3)[C@@H](C)N2)C1. The molecule has 2 atom stereocenters. The van der Waals surface area contributed by atoms with Crippen LogP contribution < -0.4 is 16.2 Å². The number of anilines is 1. The van der Waals surface area contributed by atoms with Crippen LogP contribution in [0.15, 0.2) is 35.3 Å². The molecule has 1 saturated carbocycles. The number of nitrogens with zero attached hydrogens (tertiary/aromatic N) is 5. The van der Waals surface area contributed by atoms with E-state index < -0.39 is 23.7 Å². The van der Waals surface area contributed by atoms with E-state index >= 15 is 8.78 Å². The first-order chi connectivity index (χ1) is 20.1. The second-order valence-electron chi connectivity index (χ2n) is 12.2. The quantitative estimate of drug-likeness (QED) is 0.398. The fraction of sp³-hybridized carbons (Fsp3) is 0.548. The van der Waals surface area contributed by atoms with Crippen molar-refractivity contribution in [2.24, 2.45) is 5.92 Å². The minimum absolute atomic E-state index is 0.000305. The number of nitriles is 1. The highest BCUT2D eigenvalue weighted by Gasteiger charge is 2.46. The lowest BCUT2D eigenvalue weighted by Gasteiger charge is -2.40. The summed E-state index contributed by atoms with van der Waals surface area (Å²) < 4.78 is 32.1. The molecule has 4 aliphatic rings. The number of benzene rings is 1. The van der Waals surface area contributed by atoms with Crippen LogP contribution in [0.5, 0.6) is 0 Å². The van der Waals surface area contributed by atoms with Crippen LogP contribution in [0.3, 0.4) is 0 Å². The number of aryl methyl sites for hydroxylation is 1. The van der Waals surface area contributed by atoms with E-state index in [-0.39, 0.29) is 29.9 Å². The zero-order valence-electron chi connectivity index (χ0n) is 24.0. The number of aliphatic hydroxyl groups excluding tert-OH is 1. The van der Waals surface area contributed by atoms with Crippen LogP contribution in [0.4, 0.5) is 14.6 Å². The van der Waals surface area contributed by atoms with Gasteiger partial charge >= 0.3 is 0 Å². The Morgan fingerprint density at radius 3 is 2.71 bits per heavy atom. The fourth-order valence-corrected chi connectivity index (χ4v) is 6.24. The Labute approximate surface area is 243 Å². The number of hydrogen-bond donors (Lipinski definition) is 3. The molecule has 2 aromatic heterocycles. The summed E-state index contributed by atoms with van der Waals surface area (Å²) in [6.45, 7) is 6.54. The van der Waals surface area contributed by atoms with Crippen LogP contribution in [-0.4, -0.2) is 56.9 Å². The molecular weight excluding hydrogens is 540 g/mol. The number of fused-ring (bicyclic) bond motifs is 8. The van der Waals surface area contributed by atoms with Crippen molar-refractivity contribution in [2.75, 3.05) is 31.5 Å². The third-order valence-corrected chi connectivity index (χ3v) is 8.96. The van der Waals surface area contributed by atoms with Gasteiger partial charge in [-0.05, 0) is 70.2 Å². The Morgan fingerprint density at radius 2 is 1.98 bits per heavy atom. The highest BCUT2D eigenvalue weighted by molar-refractivity contribution is 5.91. The van der Waals surface area contributed by atoms with Gasteiger partial charge in [-0.25, -0.2) is 18.7 Å². The van der Waals surface area contributed by atoms with Crippen molar-refractivity contribution < 1.29 is 13.9 Å². The number of aromatic nitrogens is 3. The smallest absolute Gasteiger partial charge is 0.273 e. The summed E-state index contributed by atoms with van der Waals surface area (Å²) in [4.78, 5) is 25.3. The average Bonchev–Trinajstić information content (AvgIpc) is 3.73. The Kier molecular flexibility index (Phi) is 7.50. The lowest BCUT2D eigenvalue weighted by molar-refractivity contribution is -0.0291. The van der Waals surface area contributed by atoms with Crippen LogP contribution in [0.1, 0.15) is 67.6 Å². The van der Waals surface area contributed by atoms with E-state index in [0.717, 1.165) is 26.1 Å². The van der Waals surface area contributed by atoms with Gasteiger partial charge in [0.2, 0.25) is 0 Å². The number of aliphatic hydroxyl groups is 1. The van der Waals surface area contributed by atoms with Crippen LogP contribution in [0.25, 0.3) is 10.9 Å². The van der Waals surface area contributed by atoms with Gasteiger partial charge in [0.1, 0.15) is 23.4 Å². The van der Waals surface area contributed by atoms with Gasteiger partial charge in [0.25, 0.3) is 11.5 Å². The second kappa shape index (κ2) is 11.0. The van der Waals surface area contributed by atoms with Gasteiger partial charge < -0.3 is 15.3 Å². The van der Waals surface area contributed by atoms with E-state index in [0.29, 0.717) is 59.5 Å². The maximum absolute atomic E-state index is 15.3. The molecule has 0 spiro atoms. The van der Waals surface area contributed by atoms with E-state index in [1.807, 2.05) is 13.0 Å². The van der Waals surface area contributed by atoms with Crippen molar-refractivity contribution >= 4 is 16.7 Å². The largest absolute Gasteiger partial charge is 0.378 e. The molecule has 1 aliphatic carbocycles. The predicted octanol–water partition coefficient (Wildman–Crippen LogP) is 3.94. The number of nitrogens with one attached hydrogen (secondary N) is 2. The minimum Gasteiger partial charge on any atom is -0.378 e. The summed E-state index contributed by atoms with van der Waals surface area (Å²) in [5.74, 6) is -1.82. The lowest BCUT2D eigenvalue weighted by atomic mass is 9.90. The summed E-state index contributed by atoms with van der Waals surface area (Å²) >= 11 is 0. The van der Waals surface area contributed by atoms with E-state index in [9.17, 15) is 15.2 Å². The topological polar surface area (TPSA) is 119 Å². The molecular formula is C31H37F2N7O2. The molecule has 3 aromatic rings. The highest BCUT2D eigenvalue weighted by atomic mass is 19.3. The van der Waals surface area contributed by atoms with E-state index in [4.69, 9.17) is 0 Å². The molecule has 1 unspecified atom stereocenters. The maximum atomic E-state index is 15.3. The second-order valence-corrected chi connectivity index (χ2v) is 12.2. The van der Waals surface area contributed by atoms with Gasteiger partial charge in [-0.3, -0.25) is 14.7 Å². The Hall–Kier alpha value is -3.46. The normalized spacial score (nSPS) is 27.2. The van der Waals surface area contributed by atoms with Gasteiger partial charge in [-0.15, -0.1) is 0 Å². The van der Waals surface area contributed by atoms with E-state index in [1.54, 1.807) is 25.3 Å². The predicted molar refractivity (Wildman–Crippen MR) is 155 cm³/mol. The van der Waals surface area contributed by atoms with Crippen LogP contribution in [0, 0.1) is 24.2 Å². The third-order valence-electron chi connectivity index (χ3n) is 8.96. The molecule has 9 nitrogen and oxygen atoms in total. The molecule has 222 valence electrons. The molecule has 7 rings (SSSR count). The molecule has 0 amide bonds. The molecule has 5 heterocycles. The standard InChI is InChI=1S/C31H37F2N7O2/c1-19-22-5-3-6-23(13-22)31(32,33)8-7-21-15-39(16-21)12-4-11-35-26(41)14-24-27-25(28(36-19)38-20(2)37-27)17-40(29(24)42)30(18-34)9-10-30/h3,5-6,13,17,19,21,26,35,41H,4,7-12,14-16H2,1-2H3,(H,36,37,38)/t19-,26?/m1/s1. The first-order valence-electron chi connectivity index (χ1n) is 14.8. The Balaban J connectivity index is 1.43. The van der Waals surface area contributed by atoms with E-state index in [1.165, 1.54) is 10.6 Å². The Morgan fingerprint density at radius 1 is 1.19 bits per heavy atom. The summed E-state index contributed by atoms with van der Waals surface area (Å²) in [7, 11) is 0. The number of rotatable bonds is 1. The molecule has 3 N–H and O–H groups in total. The molecule has 42 heavy (non-hydrogen) atoms.